The van der Waals surface area contributed by atoms with Crippen LogP contribution in [0.5, 0.6) is 0 Å². The summed E-state index contributed by atoms with van der Waals surface area (Å²) in [6.07, 6.45) is 5.97. The molecule has 0 aromatic carbocycles. The number of hydrogen-bond donors (Lipinski definition) is 3. The predicted octanol–water partition coefficient (Wildman–Crippen LogP) is 4.69. The third-order valence-electron chi connectivity index (χ3n) is 7.18. The average Bonchev–Trinajstić information content (AvgIpc) is 3.76. The molecule has 3 aromatic heterocycles. The van der Waals surface area contributed by atoms with Crippen LogP contribution in [0.25, 0.3) is 11.1 Å². The number of halogens is 1. The monoisotopic (exact) mass is 509 g/mol. The molecule has 190 valence electrons. The van der Waals surface area contributed by atoms with E-state index in [4.69, 9.17) is 11.6 Å². The smallest absolute Gasteiger partial charge is 0.270 e. The Bertz CT molecular complexity index is 1260. The van der Waals surface area contributed by atoms with Crippen molar-refractivity contribution in [2.45, 2.75) is 65.5 Å². The van der Waals surface area contributed by atoms with Crippen LogP contribution in [0, 0.1) is 31.6 Å². The second-order valence-corrected chi connectivity index (χ2v) is 10.6. The zero-order chi connectivity index (χ0) is 25.6. The lowest BCUT2D eigenvalue weighted by atomic mass is 9.88. The van der Waals surface area contributed by atoms with E-state index < -0.39 is 6.04 Å². The minimum atomic E-state index is -0.661. The van der Waals surface area contributed by atoms with Gasteiger partial charge in [0.1, 0.15) is 22.7 Å². The van der Waals surface area contributed by atoms with E-state index in [9.17, 15) is 9.59 Å². The number of rotatable bonds is 9. The lowest BCUT2D eigenvalue weighted by Crippen LogP contribution is -2.50. The van der Waals surface area contributed by atoms with Gasteiger partial charge in [0.25, 0.3) is 5.91 Å². The van der Waals surface area contributed by atoms with Crippen molar-refractivity contribution in [1.29, 1.82) is 0 Å². The van der Waals surface area contributed by atoms with E-state index in [1.807, 2.05) is 33.8 Å². The Morgan fingerprint density at radius 2 is 1.81 bits per heavy atom. The van der Waals surface area contributed by atoms with Crippen molar-refractivity contribution in [3.63, 3.8) is 0 Å². The van der Waals surface area contributed by atoms with E-state index in [0.29, 0.717) is 23.3 Å². The van der Waals surface area contributed by atoms with E-state index in [0.717, 1.165) is 48.2 Å². The van der Waals surface area contributed by atoms with Crippen LogP contribution in [0.2, 0.25) is 5.15 Å². The molecule has 3 N–H and O–H groups in total. The largest absolute Gasteiger partial charge is 0.339 e. The van der Waals surface area contributed by atoms with Gasteiger partial charge >= 0.3 is 0 Å². The molecule has 5 rings (SSSR count). The number of amides is 2. The highest BCUT2D eigenvalue weighted by molar-refractivity contribution is 6.32. The van der Waals surface area contributed by atoms with Gasteiger partial charge in [0.05, 0.1) is 5.69 Å². The zero-order valence-corrected chi connectivity index (χ0v) is 21.8. The molecular weight excluding hydrogens is 478 g/mol. The second-order valence-electron chi connectivity index (χ2n) is 10.3. The summed E-state index contributed by atoms with van der Waals surface area (Å²) in [5, 5.41) is 17.7. The molecule has 2 aliphatic rings. The molecule has 0 aliphatic heterocycles. The number of pyridine rings is 1. The van der Waals surface area contributed by atoms with E-state index in [1.165, 1.54) is 0 Å². The third kappa shape index (κ3) is 4.89. The summed E-state index contributed by atoms with van der Waals surface area (Å²) in [6, 6.07) is 4.63. The number of carbonyl (C=O) groups is 2. The van der Waals surface area contributed by atoms with Gasteiger partial charge < -0.3 is 10.6 Å². The summed E-state index contributed by atoms with van der Waals surface area (Å²) in [6.45, 7) is 7.77. The highest BCUT2D eigenvalue weighted by Crippen LogP contribution is 2.51. The number of nitrogens with one attached hydrogen (secondary N) is 3. The number of anilines is 1. The van der Waals surface area contributed by atoms with Crippen LogP contribution < -0.4 is 10.6 Å². The molecule has 0 unspecified atom stereocenters. The summed E-state index contributed by atoms with van der Waals surface area (Å²) in [5.41, 5.74) is 3.82. The van der Waals surface area contributed by atoms with Gasteiger partial charge in [-0.1, -0.05) is 11.6 Å². The Kier molecular flexibility index (Phi) is 6.59. The van der Waals surface area contributed by atoms with Crippen LogP contribution in [0.3, 0.4) is 0 Å². The molecule has 1 atom stereocenters. The summed E-state index contributed by atoms with van der Waals surface area (Å²) < 4.78 is 1.67. The quantitative estimate of drug-likeness (QED) is 0.361. The molecule has 3 heterocycles. The fourth-order valence-corrected chi connectivity index (χ4v) is 5.44. The first-order valence-electron chi connectivity index (χ1n) is 12.6. The molecule has 2 fully saturated rings. The predicted molar refractivity (Wildman–Crippen MR) is 138 cm³/mol. The van der Waals surface area contributed by atoms with Crippen LogP contribution >= 0.6 is 11.6 Å². The maximum Gasteiger partial charge on any atom is 0.270 e. The fourth-order valence-electron chi connectivity index (χ4n) is 5.19. The van der Waals surface area contributed by atoms with Crippen molar-refractivity contribution in [3.05, 3.63) is 46.6 Å². The molecule has 0 radical (unpaired) electrons. The van der Waals surface area contributed by atoms with Crippen molar-refractivity contribution < 1.29 is 9.59 Å². The molecule has 9 nitrogen and oxygen atoms in total. The molecule has 2 aliphatic carbocycles. The Balaban J connectivity index is 1.39. The van der Waals surface area contributed by atoms with Crippen LogP contribution in [-0.2, 0) is 4.79 Å². The highest BCUT2D eigenvalue weighted by Gasteiger charge is 2.48. The minimum absolute atomic E-state index is 0.0306. The van der Waals surface area contributed by atoms with E-state index >= 15 is 0 Å². The van der Waals surface area contributed by atoms with Crippen molar-refractivity contribution >= 4 is 29.2 Å². The van der Waals surface area contributed by atoms with Crippen LogP contribution in [0.4, 0.5) is 5.82 Å². The summed E-state index contributed by atoms with van der Waals surface area (Å²) in [4.78, 5) is 31.4. The topological polar surface area (TPSA) is 118 Å². The second kappa shape index (κ2) is 9.69. The standard InChI is InChI=1S/C26H32ClN7O2/c1-13(2)34-19(11-12-28-34)25(35)31-23(22(16-5-6-16)17-7-8-17)26(36)30-20-10-9-18(24(27)29-20)21-14(3)32-33-15(21)4/h9-13,16-17,22-23H,5-8H2,1-4H3,(H,31,35)(H,32,33)(H,29,30,36)/t23-/m0/s1. The van der Waals surface area contributed by atoms with Crippen molar-refractivity contribution in [3.8, 4) is 11.1 Å². The molecule has 0 saturated heterocycles. The van der Waals surface area contributed by atoms with Crippen molar-refractivity contribution in [1.82, 2.24) is 30.3 Å². The maximum atomic E-state index is 13.6. The molecule has 2 saturated carbocycles. The first kappa shape index (κ1) is 24.5. The first-order valence-corrected chi connectivity index (χ1v) is 13.0. The Morgan fingerprint density at radius 1 is 1.11 bits per heavy atom. The van der Waals surface area contributed by atoms with Gasteiger partial charge in [-0.2, -0.15) is 10.2 Å². The number of hydrogen-bond acceptors (Lipinski definition) is 5. The Labute approximate surface area is 215 Å². The average molecular weight is 510 g/mol. The molecular formula is C26H32ClN7O2. The molecule has 0 bridgehead atoms. The number of nitrogens with zero attached hydrogens (tertiary/aromatic N) is 4. The summed E-state index contributed by atoms with van der Waals surface area (Å²) in [5.74, 6) is 0.804. The van der Waals surface area contributed by atoms with E-state index in [1.54, 1.807) is 23.0 Å². The molecule has 10 heteroatoms. The number of H-pyrrole nitrogens is 1. The summed E-state index contributed by atoms with van der Waals surface area (Å²) in [7, 11) is 0. The SMILES string of the molecule is Cc1n[nH]c(C)c1-c1ccc(NC(=O)[C@@H](NC(=O)c2ccnn2C(C)C)C(C2CC2)C2CC2)nc1Cl. The van der Waals surface area contributed by atoms with E-state index in [2.05, 4.69) is 30.9 Å². The van der Waals surface area contributed by atoms with Crippen molar-refractivity contribution in [2.75, 3.05) is 5.32 Å². The molecule has 2 amide bonds. The summed E-state index contributed by atoms with van der Waals surface area (Å²) >= 11 is 6.53. The Hall–Kier alpha value is -3.20. The van der Waals surface area contributed by atoms with Gasteiger partial charge in [-0.05, 0) is 89.3 Å². The van der Waals surface area contributed by atoms with Gasteiger partial charge in [-0.3, -0.25) is 19.4 Å². The van der Waals surface area contributed by atoms with Gasteiger partial charge in [0.15, 0.2) is 0 Å². The fraction of sp³-hybridized carbons (Fsp3) is 0.500. The highest BCUT2D eigenvalue weighted by atomic mass is 35.5. The molecule has 0 spiro atoms. The molecule has 3 aromatic rings. The Morgan fingerprint density at radius 3 is 2.36 bits per heavy atom. The first-order chi connectivity index (χ1) is 17.2. The van der Waals surface area contributed by atoms with Gasteiger partial charge in [0.2, 0.25) is 5.91 Å². The van der Waals surface area contributed by atoms with E-state index in [-0.39, 0.29) is 28.9 Å². The van der Waals surface area contributed by atoms with Gasteiger partial charge in [-0.25, -0.2) is 4.98 Å². The van der Waals surface area contributed by atoms with Crippen LogP contribution in [0.1, 0.15) is 67.4 Å². The number of aryl methyl sites for hydroxylation is 2. The zero-order valence-electron chi connectivity index (χ0n) is 21.0. The lowest BCUT2D eigenvalue weighted by molar-refractivity contribution is -0.119. The maximum absolute atomic E-state index is 13.6. The lowest BCUT2D eigenvalue weighted by Gasteiger charge is -2.27. The third-order valence-corrected chi connectivity index (χ3v) is 7.46. The molecule has 36 heavy (non-hydrogen) atoms. The van der Waals surface area contributed by atoms with Crippen LogP contribution in [0.15, 0.2) is 24.4 Å². The minimum Gasteiger partial charge on any atom is -0.339 e. The van der Waals surface area contributed by atoms with Crippen LogP contribution in [-0.4, -0.2) is 42.8 Å². The number of carbonyl (C=O) groups excluding carboxylic acids is 2. The number of aromatic amines is 1. The normalized spacial score (nSPS) is 16.4. The van der Waals surface area contributed by atoms with Gasteiger partial charge in [-0.15, -0.1) is 0 Å². The van der Waals surface area contributed by atoms with Crippen molar-refractivity contribution in [2.24, 2.45) is 17.8 Å². The number of aromatic nitrogens is 5. The van der Waals surface area contributed by atoms with Gasteiger partial charge in [0, 0.05) is 29.1 Å².